The Morgan fingerprint density at radius 2 is 1.92 bits per heavy atom. The Balaban J connectivity index is 1.79. The highest BCUT2D eigenvalue weighted by Gasteiger charge is 2.19. The molecule has 1 amide bonds. The molecule has 0 aliphatic heterocycles. The van der Waals surface area contributed by atoms with Gasteiger partial charge >= 0.3 is 0 Å². The fourth-order valence-electron chi connectivity index (χ4n) is 2.28. The maximum Gasteiger partial charge on any atom is 0.261 e. The van der Waals surface area contributed by atoms with Gasteiger partial charge in [-0.2, -0.15) is 0 Å². The molecule has 2 rings (SSSR count). The van der Waals surface area contributed by atoms with E-state index in [0.717, 1.165) is 11.3 Å². The van der Waals surface area contributed by atoms with Crippen molar-refractivity contribution in [3.8, 4) is 11.5 Å². The standard InChI is InChI=1S/C20H24FNO3/c1-4-18(25-19-8-6-5-7-17(19)21)20(23)22-11-12-24-16-10-9-14(2)15(3)13-16/h5-10,13,18H,4,11-12H2,1-3H3,(H,22,23)/t18-/m0/s1. The fraction of sp³-hybridized carbons (Fsp3) is 0.350. The molecule has 0 saturated heterocycles. The molecule has 0 radical (unpaired) electrons. The molecule has 2 aromatic carbocycles. The number of aryl methyl sites for hydroxylation is 2. The number of hydrogen-bond donors (Lipinski definition) is 1. The minimum absolute atomic E-state index is 0.0795. The molecule has 0 fully saturated rings. The molecule has 0 bridgehead atoms. The third-order valence-electron chi connectivity index (χ3n) is 3.92. The lowest BCUT2D eigenvalue weighted by atomic mass is 10.1. The summed E-state index contributed by atoms with van der Waals surface area (Å²) in [5.41, 5.74) is 2.36. The average Bonchev–Trinajstić information content (AvgIpc) is 2.60. The molecular formula is C20H24FNO3. The summed E-state index contributed by atoms with van der Waals surface area (Å²) in [4.78, 5) is 12.2. The molecule has 0 heterocycles. The fourth-order valence-corrected chi connectivity index (χ4v) is 2.28. The van der Waals surface area contributed by atoms with Gasteiger partial charge in [0.2, 0.25) is 0 Å². The van der Waals surface area contributed by atoms with Gasteiger partial charge in [-0.25, -0.2) is 4.39 Å². The summed E-state index contributed by atoms with van der Waals surface area (Å²) in [5, 5.41) is 2.76. The maximum absolute atomic E-state index is 13.6. The number of amides is 1. The highest BCUT2D eigenvalue weighted by molar-refractivity contribution is 5.81. The van der Waals surface area contributed by atoms with Crippen molar-refractivity contribution in [2.24, 2.45) is 0 Å². The van der Waals surface area contributed by atoms with Crippen LogP contribution in [-0.2, 0) is 4.79 Å². The lowest BCUT2D eigenvalue weighted by Crippen LogP contribution is -2.39. The highest BCUT2D eigenvalue weighted by Crippen LogP contribution is 2.18. The normalized spacial score (nSPS) is 11.7. The van der Waals surface area contributed by atoms with Crippen LogP contribution in [0.25, 0.3) is 0 Å². The molecule has 0 unspecified atom stereocenters. The lowest BCUT2D eigenvalue weighted by Gasteiger charge is -2.17. The molecule has 0 aliphatic rings. The molecule has 134 valence electrons. The van der Waals surface area contributed by atoms with Gasteiger partial charge in [0.05, 0.1) is 6.54 Å². The monoisotopic (exact) mass is 345 g/mol. The van der Waals surface area contributed by atoms with E-state index in [-0.39, 0.29) is 11.7 Å². The van der Waals surface area contributed by atoms with Crippen molar-refractivity contribution in [2.75, 3.05) is 13.2 Å². The number of halogens is 1. The molecule has 2 aromatic rings. The second-order valence-corrected chi connectivity index (χ2v) is 5.83. The Labute approximate surface area is 148 Å². The number of rotatable bonds is 8. The second-order valence-electron chi connectivity index (χ2n) is 5.83. The Morgan fingerprint density at radius 1 is 1.16 bits per heavy atom. The first-order chi connectivity index (χ1) is 12.0. The topological polar surface area (TPSA) is 47.6 Å². The molecule has 4 nitrogen and oxygen atoms in total. The van der Waals surface area contributed by atoms with Gasteiger partial charge in [0.1, 0.15) is 12.4 Å². The van der Waals surface area contributed by atoms with E-state index in [1.807, 2.05) is 39.0 Å². The van der Waals surface area contributed by atoms with Crippen molar-refractivity contribution in [3.05, 3.63) is 59.4 Å². The average molecular weight is 345 g/mol. The molecular weight excluding hydrogens is 321 g/mol. The quantitative estimate of drug-likeness (QED) is 0.741. The largest absolute Gasteiger partial charge is 0.492 e. The SMILES string of the molecule is CC[C@H](Oc1ccccc1F)C(=O)NCCOc1ccc(C)c(C)c1. The predicted octanol–water partition coefficient (Wildman–Crippen LogP) is 3.80. The van der Waals surface area contributed by atoms with Gasteiger partial charge < -0.3 is 14.8 Å². The number of carbonyl (C=O) groups is 1. The molecule has 1 N–H and O–H groups in total. The van der Waals surface area contributed by atoms with E-state index in [2.05, 4.69) is 5.32 Å². The molecule has 0 aliphatic carbocycles. The minimum atomic E-state index is -0.737. The van der Waals surface area contributed by atoms with Crippen molar-refractivity contribution < 1.29 is 18.7 Å². The van der Waals surface area contributed by atoms with E-state index in [1.165, 1.54) is 17.7 Å². The van der Waals surface area contributed by atoms with Crippen LogP contribution in [0, 0.1) is 19.7 Å². The van der Waals surface area contributed by atoms with E-state index in [1.54, 1.807) is 12.1 Å². The van der Waals surface area contributed by atoms with Gasteiger partial charge in [0, 0.05) is 0 Å². The minimum Gasteiger partial charge on any atom is -0.492 e. The molecule has 0 aromatic heterocycles. The number of carbonyl (C=O) groups excluding carboxylic acids is 1. The number of nitrogens with one attached hydrogen (secondary N) is 1. The van der Waals surface area contributed by atoms with Crippen LogP contribution < -0.4 is 14.8 Å². The number of hydrogen-bond acceptors (Lipinski definition) is 3. The van der Waals surface area contributed by atoms with Gasteiger partial charge in [-0.1, -0.05) is 25.1 Å². The van der Waals surface area contributed by atoms with Gasteiger partial charge in [0.25, 0.3) is 5.91 Å². The van der Waals surface area contributed by atoms with Gasteiger partial charge in [-0.15, -0.1) is 0 Å². The first-order valence-corrected chi connectivity index (χ1v) is 8.40. The zero-order valence-electron chi connectivity index (χ0n) is 14.8. The Hall–Kier alpha value is -2.56. The summed E-state index contributed by atoms with van der Waals surface area (Å²) in [6, 6.07) is 11.9. The Bertz CT molecular complexity index is 718. The summed E-state index contributed by atoms with van der Waals surface area (Å²) in [5.74, 6) is 0.0872. The van der Waals surface area contributed by atoms with Crippen molar-refractivity contribution in [1.82, 2.24) is 5.32 Å². The summed E-state index contributed by atoms with van der Waals surface area (Å²) in [6.07, 6.45) is -0.295. The van der Waals surface area contributed by atoms with Crippen LogP contribution in [0.4, 0.5) is 4.39 Å². The molecule has 0 spiro atoms. The molecule has 1 atom stereocenters. The van der Waals surface area contributed by atoms with Crippen LogP contribution >= 0.6 is 0 Å². The number of benzene rings is 2. The van der Waals surface area contributed by atoms with Crippen molar-refractivity contribution >= 4 is 5.91 Å². The zero-order valence-corrected chi connectivity index (χ0v) is 14.8. The van der Waals surface area contributed by atoms with Crippen LogP contribution in [0.1, 0.15) is 24.5 Å². The molecule has 25 heavy (non-hydrogen) atoms. The van der Waals surface area contributed by atoms with Crippen LogP contribution in [-0.4, -0.2) is 25.2 Å². The number of ether oxygens (including phenoxy) is 2. The first kappa shape index (κ1) is 18.8. The third-order valence-corrected chi connectivity index (χ3v) is 3.92. The van der Waals surface area contributed by atoms with Crippen molar-refractivity contribution in [1.29, 1.82) is 0 Å². The predicted molar refractivity (Wildman–Crippen MR) is 95.5 cm³/mol. The van der Waals surface area contributed by atoms with E-state index in [9.17, 15) is 9.18 Å². The van der Waals surface area contributed by atoms with Crippen LogP contribution in [0.2, 0.25) is 0 Å². The summed E-state index contributed by atoms with van der Waals surface area (Å²) in [7, 11) is 0. The van der Waals surface area contributed by atoms with E-state index in [4.69, 9.17) is 9.47 Å². The zero-order chi connectivity index (χ0) is 18.2. The Kier molecular flexibility index (Phi) is 6.81. The van der Waals surface area contributed by atoms with Crippen molar-refractivity contribution in [3.63, 3.8) is 0 Å². The smallest absolute Gasteiger partial charge is 0.261 e. The maximum atomic E-state index is 13.6. The summed E-state index contributed by atoms with van der Waals surface area (Å²) >= 11 is 0. The highest BCUT2D eigenvalue weighted by atomic mass is 19.1. The van der Waals surface area contributed by atoms with Gasteiger partial charge in [0.15, 0.2) is 17.7 Å². The van der Waals surface area contributed by atoms with Gasteiger partial charge in [-0.05, 0) is 55.7 Å². The van der Waals surface area contributed by atoms with Crippen LogP contribution in [0.3, 0.4) is 0 Å². The first-order valence-electron chi connectivity index (χ1n) is 8.40. The molecule has 5 heteroatoms. The lowest BCUT2D eigenvalue weighted by molar-refractivity contribution is -0.128. The Morgan fingerprint density at radius 3 is 2.60 bits per heavy atom. The van der Waals surface area contributed by atoms with Crippen LogP contribution in [0.5, 0.6) is 11.5 Å². The van der Waals surface area contributed by atoms with E-state index in [0.29, 0.717) is 19.6 Å². The van der Waals surface area contributed by atoms with E-state index >= 15 is 0 Å². The number of para-hydroxylation sites is 1. The second kappa shape index (κ2) is 9.06. The summed E-state index contributed by atoms with van der Waals surface area (Å²) in [6.45, 7) is 6.58. The van der Waals surface area contributed by atoms with Crippen molar-refractivity contribution in [2.45, 2.75) is 33.3 Å². The van der Waals surface area contributed by atoms with E-state index < -0.39 is 11.9 Å². The van der Waals surface area contributed by atoms with Crippen LogP contribution in [0.15, 0.2) is 42.5 Å². The summed E-state index contributed by atoms with van der Waals surface area (Å²) < 4.78 is 24.7. The molecule has 0 saturated carbocycles. The van der Waals surface area contributed by atoms with Gasteiger partial charge in [-0.3, -0.25) is 4.79 Å². The third kappa shape index (κ3) is 5.48.